The van der Waals surface area contributed by atoms with E-state index in [4.69, 9.17) is 0 Å². The lowest BCUT2D eigenvalue weighted by molar-refractivity contribution is -0.115. The van der Waals surface area contributed by atoms with E-state index in [1.807, 2.05) is 24.4 Å². The Kier molecular flexibility index (Phi) is 6.11. The molecule has 1 aromatic carbocycles. The fourth-order valence-corrected chi connectivity index (χ4v) is 3.74. The smallest absolute Gasteiger partial charge is 0.242 e. The standard InChI is InChI=1S/C16H21N3O3S2/c1-12(15-8-5-9-23-15)17-11-16(20)18-13-6-4-7-14(10-13)24(21,22)19(2)3/h4-10,12,17H,11H2,1-3H3,(H,18,20)/t12-/m0/s1. The molecule has 2 N–H and O–H groups in total. The zero-order valence-corrected chi connectivity index (χ0v) is 15.4. The minimum absolute atomic E-state index is 0.0798. The lowest BCUT2D eigenvalue weighted by atomic mass is 10.2. The van der Waals surface area contributed by atoms with Gasteiger partial charge >= 0.3 is 0 Å². The molecule has 0 saturated heterocycles. The van der Waals surface area contributed by atoms with Crippen LogP contribution < -0.4 is 10.6 Å². The van der Waals surface area contributed by atoms with Crippen molar-refractivity contribution in [3.05, 3.63) is 46.7 Å². The summed E-state index contributed by atoms with van der Waals surface area (Å²) in [6.45, 7) is 2.13. The van der Waals surface area contributed by atoms with Gasteiger partial charge in [-0.05, 0) is 36.6 Å². The highest BCUT2D eigenvalue weighted by Gasteiger charge is 2.17. The molecule has 24 heavy (non-hydrogen) atoms. The lowest BCUT2D eigenvalue weighted by Gasteiger charge is -2.14. The van der Waals surface area contributed by atoms with E-state index in [1.165, 1.54) is 26.2 Å². The Bertz CT molecular complexity index is 787. The molecule has 0 unspecified atom stereocenters. The van der Waals surface area contributed by atoms with Gasteiger partial charge in [0.2, 0.25) is 15.9 Å². The number of nitrogens with one attached hydrogen (secondary N) is 2. The fraction of sp³-hybridized carbons (Fsp3) is 0.312. The second-order valence-electron chi connectivity index (χ2n) is 5.48. The van der Waals surface area contributed by atoms with Crippen molar-refractivity contribution in [2.45, 2.75) is 17.9 Å². The molecule has 0 aliphatic rings. The monoisotopic (exact) mass is 367 g/mol. The molecule has 6 nitrogen and oxygen atoms in total. The maximum Gasteiger partial charge on any atom is 0.242 e. The molecule has 0 saturated carbocycles. The number of nitrogens with zero attached hydrogens (tertiary/aromatic N) is 1. The van der Waals surface area contributed by atoms with E-state index < -0.39 is 10.0 Å². The van der Waals surface area contributed by atoms with Gasteiger partial charge in [-0.2, -0.15) is 0 Å². The highest BCUT2D eigenvalue weighted by atomic mass is 32.2. The van der Waals surface area contributed by atoms with Crippen LogP contribution in [0.2, 0.25) is 0 Å². The van der Waals surface area contributed by atoms with Crippen molar-refractivity contribution in [1.82, 2.24) is 9.62 Å². The summed E-state index contributed by atoms with van der Waals surface area (Å²) in [5.41, 5.74) is 0.452. The maximum atomic E-state index is 12.1. The molecule has 8 heteroatoms. The summed E-state index contributed by atoms with van der Waals surface area (Å²) in [4.78, 5) is 13.3. The van der Waals surface area contributed by atoms with Gasteiger partial charge in [0.1, 0.15) is 0 Å². The van der Waals surface area contributed by atoms with Gasteiger partial charge in [0.05, 0.1) is 11.4 Å². The Hall–Kier alpha value is -1.74. The summed E-state index contributed by atoms with van der Waals surface area (Å²) in [5, 5.41) is 7.84. The first kappa shape index (κ1) is 18.6. The van der Waals surface area contributed by atoms with Gasteiger partial charge in [-0.3, -0.25) is 4.79 Å². The van der Waals surface area contributed by atoms with Crippen molar-refractivity contribution in [2.75, 3.05) is 26.0 Å². The Labute approximate surface area is 146 Å². The van der Waals surface area contributed by atoms with Gasteiger partial charge in [-0.25, -0.2) is 12.7 Å². The van der Waals surface area contributed by atoms with Crippen LogP contribution in [0.3, 0.4) is 0 Å². The van der Waals surface area contributed by atoms with Crippen molar-refractivity contribution in [3.8, 4) is 0 Å². The first-order chi connectivity index (χ1) is 11.3. The van der Waals surface area contributed by atoms with Crippen LogP contribution in [-0.2, 0) is 14.8 Å². The fourth-order valence-electron chi connectivity index (χ4n) is 2.03. The third kappa shape index (κ3) is 4.64. The minimum Gasteiger partial charge on any atom is -0.325 e. The number of carbonyl (C=O) groups excluding carboxylic acids is 1. The molecular formula is C16H21N3O3S2. The summed E-state index contributed by atoms with van der Waals surface area (Å²) >= 11 is 1.63. The van der Waals surface area contributed by atoms with Crippen LogP contribution in [0.1, 0.15) is 17.8 Å². The van der Waals surface area contributed by atoms with Gasteiger partial charge in [0.25, 0.3) is 0 Å². The van der Waals surface area contributed by atoms with Crippen molar-refractivity contribution in [1.29, 1.82) is 0 Å². The molecule has 2 rings (SSSR count). The molecule has 0 bridgehead atoms. The Morgan fingerprint density at radius 1 is 1.25 bits per heavy atom. The number of benzene rings is 1. The van der Waals surface area contributed by atoms with Gasteiger partial charge in [0.15, 0.2) is 0 Å². The summed E-state index contributed by atoms with van der Waals surface area (Å²) in [7, 11) is -0.585. The van der Waals surface area contributed by atoms with Crippen LogP contribution >= 0.6 is 11.3 Å². The molecule has 0 radical (unpaired) electrons. The number of thiophene rings is 1. The van der Waals surface area contributed by atoms with E-state index in [2.05, 4.69) is 10.6 Å². The average molecular weight is 367 g/mol. The summed E-state index contributed by atoms with van der Waals surface area (Å²) < 4.78 is 25.4. The van der Waals surface area contributed by atoms with E-state index >= 15 is 0 Å². The number of amides is 1. The number of hydrogen-bond acceptors (Lipinski definition) is 5. The molecule has 1 amide bonds. The molecule has 0 spiro atoms. The topological polar surface area (TPSA) is 78.5 Å². The number of anilines is 1. The van der Waals surface area contributed by atoms with Gasteiger partial charge < -0.3 is 10.6 Å². The average Bonchev–Trinajstić information content (AvgIpc) is 3.07. The van der Waals surface area contributed by atoms with Gasteiger partial charge in [-0.15, -0.1) is 11.3 Å². The van der Waals surface area contributed by atoms with Crippen LogP contribution in [0, 0.1) is 0 Å². The Morgan fingerprint density at radius 3 is 2.62 bits per heavy atom. The summed E-state index contributed by atoms with van der Waals surface area (Å²) in [5.74, 6) is -0.224. The van der Waals surface area contributed by atoms with Crippen molar-refractivity contribution in [3.63, 3.8) is 0 Å². The minimum atomic E-state index is -3.52. The molecule has 130 valence electrons. The molecule has 1 atom stereocenters. The molecule has 0 aliphatic heterocycles. The van der Waals surface area contributed by atoms with Crippen LogP contribution in [0.25, 0.3) is 0 Å². The van der Waals surface area contributed by atoms with Crippen LogP contribution in [0.15, 0.2) is 46.7 Å². The van der Waals surface area contributed by atoms with E-state index in [0.717, 1.165) is 9.18 Å². The highest BCUT2D eigenvalue weighted by Crippen LogP contribution is 2.19. The van der Waals surface area contributed by atoms with Gasteiger partial charge in [0, 0.05) is 30.7 Å². The van der Waals surface area contributed by atoms with E-state index in [-0.39, 0.29) is 23.4 Å². The number of carbonyl (C=O) groups is 1. The normalized spacial score (nSPS) is 13.0. The van der Waals surface area contributed by atoms with E-state index in [9.17, 15) is 13.2 Å². The molecular weight excluding hydrogens is 346 g/mol. The zero-order chi connectivity index (χ0) is 17.7. The summed E-state index contributed by atoms with van der Waals surface area (Å²) in [6.07, 6.45) is 0. The maximum absolute atomic E-state index is 12.1. The van der Waals surface area contributed by atoms with Crippen LogP contribution in [-0.4, -0.2) is 39.3 Å². The van der Waals surface area contributed by atoms with Crippen LogP contribution in [0.5, 0.6) is 0 Å². The third-order valence-corrected chi connectivity index (χ3v) is 6.30. The molecule has 2 aromatic rings. The predicted molar refractivity (Wildman–Crippen MR) is 96.7 cm³/mol. The quantitative estimate of drug-likeness (QED) is 0.787. The number of rotatable bonds is 7. The molecule has 1 aromatic heterocycles. The third-order valence-electron chi connectivity index (χ3n) is 3.44. The molecule has 1 heterocycles. The second kappa shape index (κ2) is 7.89. The first-order valence-electron chi connectivity index (χ1n) is 7.40. The second-order valence-corrected chi connectivity index (χ2v) is 8.61. The largest absolute Gasteiger partial charge is 0.325 e. The van der Waals surface area contributed by atoms with Crippen molar-refractivity contribution >= 4 is 33.0 Å². The first-order valence-corrected chi connectivity index (χ1v) is 9.72. The SMILES string of the molecule is C[C@H](NCC(=O)Nc1cccc(S(=O)(=O)N(C)C)c1)c1cccs1. The zero-order valence-electron chi connectivity index (χ0n) is 13.8. The predicted octanol–water partition coefficient (Wildman–Crippen LogP) is 2.29. The van der Waals surface area contributed by atoms with Gasteiger partial charge in [-0.1, -0.05) is 12.1 Å². The van der Waals surface area contributed by atoms with E-state index in [1.54, 1.807) is 23.5 Å². The molecule has 0 fully saturated rings. The number of sulfonamides is 1. The number of hydrogen-bond donors (Lipinski definition) is 2. The summed E-state index contributed by atoms with van der Waals surface area (Å²) in [6, 6.07) is 10.3. The highest BCUT2D eigenvalue weighted by molar-refractivity contribution is 7.89. The van der Waals surface area contributed by atoms with Crippen LogP contribution in [0.4, 0.5) is 5.69 Å². The van der Waals surface area contributed by atoms with E-state index in [0.29, 0.717) is 5.69 Å². The Balaban J connectivity index is 1.97. The van der Waals surface area contributed by atoms with Crippen molar-refractivity contribution in [2.24, 2.45) is 0 Å². The van der Waals surface area contributed by atoms with Crippen molar-refractivity contribution < 1.29 is 13.2 Å². The molecule has 0 aliphatic carbocycles. The lowest BCUT2D eigenvalue weighted by Crippen LogP contribution is -2.30. The Morgan fingerprint density at radius 2 is 2.00 bits per heavy atom.